The van der Waals surface area contributed by atoms with Crippen molar-refractivity contribution in [2.75, 3.05) is 5.75 Å². The molecule has 0 unspecified atom stereocenters. The van der Waals surface area contributed by atoms with E-state index in [1.165, 1.54) is 0 Å². The average Bonchev–Trinajstić information content (AvgIpc) is 2.24. The second-order valence-electron chi connectivity index (χ2n) is 3.53. The van der Waals surface area contributed by atoms with Crippen LogP contribution in [0, 0.1) is 0 Å². The van der Waals surface area contributed by atoms with Crippen molar-refractivity contribution in [2.24, 2.45) is 0 Å². The number of Topliss-reactive ketones (excluding diaryl/α,β-unsaturated/α-hetero) is 1. The van der Waals surface area contributed by atoms with Crippen LogP contribution in [0.25, 0.3) is 0 Å². The minimum atomic E-state index is -3.90. The van der Waals surface area contributed by atoms with Crippen LogP contribution in [0.1, 0.15) is 29.6 Å². The molecule has 0 aliphatic rings. The van der Waals surface area contributed by atoms with Gasteiger partial charge in [0, 0.05) is 12.0 Å². The lowest BCUT2D eigenvalue weighted by Gasteiger charge is -2.00. The Morgan fingerprint density at radius 1 is 1.12 bits per heavy atom. The predicted molar refractivity (Wildman–Crippen MR) is 61.0 cm³/mol. The molecule has 16 heavy (non-hydrogen) atoms. The molecule has 0 saturated carbocycles. The van der Waals surface area contributed by atoms with Gasteiger partial charge < -0.3 is 0 Å². The summed E-state index contributed by atoms with van der Waals surface area (Å²) in [4.78, 5) is 11.6. The molecule has 0 heterocycles. The van der Waals surface area contributed by atoms with E-state index in [9.17, 15) is 13.2 Å². The number of benzene rings is 1. The number of rotatable bonds is 6. The Morgan fingerprint density at radius 3 is 2.31 bits per heavy atom. The highest BCUT2D eigenvalue weighted by atomic mass is 32.2. The van der Waals surface area contributed by atoms with Gasteiger partial charge in [0.25, 0.3) is 10.1 Å². The number of hydrogen-bond acceptors (Lipinski definition) is 3. The standard InChI is InChI=1S/C11H14O4S/c12-11(10-6-2-1-3-7-10)8-4-5-9-16(13,14)15/h1-3,6-7H,4-5,8-9H2,(H,13,14,15). The van der Waals surface area contributed by atoms with E-state index in [0.29, 0.717) is 24.8 Å². The summed E-state index contributed by atoms with van der Waals surface area (Å²) in [7, 11) is -3.90. The molecule has 0 fully saturated rings. The molecule has 0 spiro atoms. The van der Waals surface area contributed by atoms with Crippen LogP contribution in [0.2, 0.25) is 0 Å². The van der Waals surface area contributed by atoms with Gasteiger partial charge in [-0.2, -0.15) is 8.42 Å². The fourth-order valence-electron chi connectivity index (χ4n) is 1.34. The summed E-state index contributed by atoms with van der Waals surface area (Å²) in [5.41, 5.74) is 0.634. The molecule has 0 bridgehead atoms. The molecule has 1 aromatic carbocycles. The van der Waals surface area contributed by atoms with Crippen molar-refractivity contribution in [3.05, 3.63) is 35.9 Å². The molecular formula is C11H14O4S. The monoisotopic (exact) mass is 242 g/mol. The quantitative estimate of drug-likeness (QED) is 0.470. The second kappa shape index (κ2) is 5.77. The largest absolute Gasteiger partial charge is 0.294 e. The zero-order valence-electron chi connectivity index (χ0n) is 8.80. The highest BCUT2D eigenvalue weighted by Crippen LogP contribution is 2.07. The van der Waals surface area contributed by atoms with Crippen molar-refractivity contribution in [1.29, 1.82) is 0 Å². The predicted octanol–water partition coefficient (Wildman–Crippen LogP) is 1.93. The molecule has 0 atom stereocenters. The van der Waals surface area contributed by atoms with Crippen LogP contribution in [-0.4, -0.2) is 24.5 Å². The number of carbonyl (C=O) groups is 1. The van der Waals surface area contributed by atoms with Gasteiger partial charge in [-0.05, 0) is 12.8 Å². The van der Waals surface area contributed by atoms with Gasteiger partial charge in [-0.3, -0.25) is 9.35 Å². The minimum absolute atomic E-state index is 0.00376. The van der Waals surface area contributed by atoms with Gasteiger partial charge in [-0.15, -0.1) is 0 Å². The van der Waals surface area contributed by atoms with E-state index in [1.54, 1.807) is 24.3 Å². The lowest BCUT2D eigenvalue weighted by molar-refractivity contribution is 0.0979. The first-order valence-corrected chi connectivity index (χ1v) is 6.63. The topological polar surface area (TPSA) is 71.4 Å². The number of unbranched alkanes of at least 4 members (excludes halogenated alkanes) is 1. The summed E-state index contributed by atoms with van der Waals surface area (Å²) < 4.78 is 29.3. The lowest BCUT2D eigenvalue weighted by Crippen LogP contribution is -2.05. The maximum absolute atomic E-state index is 11.6. The van der Waals surface area contributed by atoms with Crippen LogP contribution in [0.4, 0.5) is 0 Å². The third-order valence-electron chi connectivity index (χ3n) is 2.15. The smallest absolute Gasteiger partial charge is 0.264 e. The molecule has 88 valence electrons. The molecule has 0 aromatic heterocycles. The molecule has 1 rings (SSSR count). The molecule has 1 N–H and O–H groups in total. The SMILES string of the molecule is O=C(CCCCS(=O)(=O)O)c1ccccc1. The number of hydrogen-bond donors (Lipinski definition) is 1. The van der Waals surface area contributed by atoms with Gasteiger partial charge >= 0.3 is 0 Å². The van der Waals surface area contributed by atoms with Crippen molar-refractivity contribution >= 4 is 15.9 Å². The van der Waals surface area contributed by atoms with E-state index in [4.69, 9.17) is 4.55 Å². The van der Waals surface area contributed by atoms with Crippen LogP contribution in [0.15, 0.2) is 30.3 Å². The van der Waals surface area contributed by atoms with Crippen molar-refractivity contribution < 1.29 is 17.8 Å². The van der Waals surface area contributed by atoms with E-state index < -0.39 is 10.1 Å². The normalized spacial score (nSPS) is 11.3. The first kappa shape index (κ1) is 12.9. The van der Waals surface area contributed by atoms with Gasteiger partial charge in [0.05, 0.1) is 5.75 Å². The van der Waals surface area contributed by atoms with Gasteiger partial charge in [0.1, 0.15) is 0 Å². The molecule has 0 aliphatic carbocycles. The van der Waals surface area contributed by atoms with Crippen molar-refractivity contribution in [3.8, 4) is 0 Å². The summed E-state index contributed by atoms with van der Waals surface area (Å²) in [6.07, 6.45) is 1.07. The number of carbonyl (C=O) groups excluding carboxylic acids is 1. The van der Waals surface area contributed by atoms with Crippen molar-refractivity contribution in [2.45, 2.75) is 19.3 Å². The molecule has 5 heteroatoms. The molecule has 4 nitrogen and oxygen atoms in total. The average molecular weight is 242 g/mol. The fraction of sp³-hybridized carbons (Fsp3) is 0.364. The summed E-state index contributed by atoms with van der Waals surface area (Å²) in [5, 5.41) is 0. The molecule has 0 saturated heterocycles. The highest BCUT2D eigenvalue weighted by molar-refractivity contribution is 7.85. The molecule has 1 aromatic rings. The Bertz CT molecular complexity index is 436. The van der Waals surface area contributed by atoms with Gasteiger partial charge in [-0.1, -0.05) is 30.3 Å². The van der Waals surface area contributed by atoms with E-state index in [-0.39, 0.29) is 11.5 Å². The molecular weight excluding hydrogens is 228 g/mol. The maximum Gasteiger partial charge on any atom is 0.264 e. The van der Waals surface area contributed by atoms with Crippen LogP contribution >= 0.6 is 0 Å². The van der Waals surface area contributed by atoms with Crippen LogP contribution in [0.5, 0.6) is 0 Å². The minimum Gasteiger partial charge on any atom is -0.294 e. The molecule has 0 aliphatic heterocycles. The van der Waals surface area contributed by atoms with Crippen LogP contribution in [0.3, 0.4) is 0 Å². The first-order valence-electron chi connectivity index (χ1n) is 5.02. The third-order valence-corrected chi connectivity index (χ3v) is 2.96. The summed E-state index contributed by atoms with van der Waals surface area (Å²) in [6, 6.07) is 8.85. The first-order chi connectivity index (χ1) is 7.49. The fourth-order valence-corrected chi connectivity index (χ4v) is 1.91. The van der Waals surface area contributed by atoms with Crippen LogP contribution in [-0.2, 0) is 10.1 Å². The zero-order valence-corrected chi connectivity index (χ0v) is 9.61. The van der Waals surface area contributed by atoms with Crippen molar-refractivity contribution in [3.63, 3.8) is 0 Å². The van der Waals surface area contributed by atoms with Crippen molar-refractivity contribution in [1.82, 2.24) is 0 Å². The Balaban J connectivity index is 2.32. The Labute approximate surface area is 95.0 Å². The van der Waals surface area contributed by atoms with E-state index in [1.807, 2.05) is 6.07 Å². The van der Waals surface area contributed by atoms with Crippen LogP contribution < -0.4 is 0 Å². The zero-order chi connectivity index (χ0) is 12.0. The molecule has 0 amide bonds. The van der Waals surface area contributed by atoms with Gasteiger partial charge in [-0.25, -0.2) is 0 Å². The Morgan fingerprint density at radius 2 is 1.75 bits per heavy atom. The summed E-state index contributed by atoms with van der Waals surface area (Å²) in [5.74, 6) is -0.286. The van der Waals surface area contributed by atoms with Gasteiger partial charge in [0.15, 0.2) is 5.78 Å². The van der Waals surface area contributed by atoms with E-state index in [2.05, 4.69) is 0 Å². The third kappa shape index (κ3) is 5.04. The lowest BCUT2D eigenvalue weighted by atomic mass is 10.1. The molecule has 0 radical (unpaired) electrons. The van der Waals surface area contributed by atoms with E-state index in [0.717, 1.165) is 0 Å². The van der Waals surface area contributed by atoms with Gasteiger partial charge in [0.2, 0.25) is 0 Å². The Kier molecular flexibility index (Phi) is 4.64. The number of ketones is 1. The summed E-state index contributed by atoms with van der Waals surface area (Å²) >= 11 is 0. The second-order valence-corrected chi connectivity index (χ2v) is 5.10. The van der Waals surface area contributed by atoms with E-state index >= 15 is 0 Å². The Hall–Kier alpha value is -1.20. The highest BCUT2D eigenvalue weighted by Gasteiger charge is 2.07. The summed E-state index contributed by atoms with van der Waals surface area (Å²) in [6.45, 7) is 0. The maximum atomic E-state index is 11.6.